The molecule has 2 heterocycles. The SMILES string of the molecule is CCC(=O)N(C)C[C@H]1Oc2ncc(C#CCc3ccccc3)cc2C(=O)N([C@H](C)CO)C[C@@H]1C. The standard InChI is InChI=1S/C27H33N3O4/c1-5-25(32)29(4)17-24-19(2)16-30(20(3)18-31)27(33)23-14-22(15-28-26(23)34-24)13-9-12-21-10-7-6-8-11-21/h6-8,10-11,14-15,19-20,24,31H,5,12,16-18H2,1-4H3/t19-,20+,24+/m0/s1. The number of ether oxygens (including phenoxy) is 1. The predicted octanol–water partition coefficient (Wildman–Crippen LogP) is 2.76. The molecule has 7 nitrogen and oxygen atoms in total. The van der Waals surface area contributed by atoms with Gasteiger partial charge in [0.15, 0.2) is 0 Å². The quantitative estimate of drug-likeness (QED) is 0.666. The number of aliphatic hydroxyl groups is 1. The molecule has 1 aromatic heterocycles. The molecule has 3 rings (SSSR count). The summed E-state index contributed by atoms with van der Waals surface area (Å²) in [5.41, 5.74) is 2.04. The van der Waals surface area contributed by atoms with Gasteiger partial charge in [0.2, 0.25) is 11.8 Å². The van der Waals surface area contributed by atoms with Gasteiger partial charge in [-0.1, -0.05) is 56.0 Å². The summed E-state index contributed by atoms with van der Waals surface area (Å²) in [7, 11) is 1.75. The van der Waals surface area contributed by atoms with E-state index in [1.165, 1.54) is 0 Å². The Labute approximate surface area is 201 Å². The van der Waals surface area contributed by atoms with E-state index in [0.717, 1.165) is 5.56 Å². The van der Waals surface area contributed by atoms with Crippen molar-refractivity contribution in [3.05, 3.63) is 59.3 Å². The number of likely N-dealkylation sites (N-methyl/N-ethyl adjacent to an activating group) is 1. The molecule has 0 saturated carbocycles. The number of pyridine rings is 1. The lowest BCUT2D eigenvalue weighted by molar-refractivity contribution is -0.131. The van der Waals surface area contributed by atoms with Gasteiger partial charge < -0.3 is 19.6 Å². The number of aliphatic hydroxyl groups excluding tert-OH is 1. The van der Waals surface area contributed by atoms with Crippen molar-refractivity contribution in [2.75, 3.05) is 26.7 Å². The number of hydrogen-bond acceptors (Lipinski definition) is 5. The highest BCUT2D eigenvalue weighted by Gasteiger charge is 2.34. The number of aromatic nitrogens is 1. The van der Waals surface area contributed by atoms with E-state index in [0.29, 0.717) is 37.1 Å². The molecule has 1 N–H and O–H groups in total. The Hall–Kier alpha value is -3.37. The second kappa shape index (κ2) is 11.7. The molecule has 0 bridgehead atoms. The lowest BCUT2D eigenvalue weighted by atomic mass is 9.99. The van der Waals surface area contributed by atoms with Crippen LogP contribution in [0.2, 0.25) is 0 Å². The average Bonchev–Trinajstić information content (AvgIpc) is 2.85. The molecule has 0 saturated heterocycles. The first-order valence-corrected chi connectivity index (χ1v) is 11.7. The first-order chi connectivity index (χ1) is 16.3. The van der Waals surface area contributed by atoms with E-state index in [9.17, 15) is 14.7 Å². The van der Waals surface area contributed by atoms with Crippen molar-refractivity contribution in [2.45, 2.75) is 45.8 Å². The molecular formula is C27H33N3O4. The molecule has 2 aromatic rings. The van der Waals surface area contributed by atoms with Gasteiger partial charge in [-0.25, -0.2) is 4.98 Å². The minimum atomic E-state index is -0.371. The van der Waals surface area contributed by atoms with Gasteiger partial charge >= 0.3 is 0 Å². The highest BCUT2D eigenvalue weighted by atomic mass is 16.5. The monoisotopic (exact) mass is 463 g/mol. The third kappa shape index (κ3) is 6.15. The third-order valence-electron chi connectivity index (χ3n) is 6.07. The van der Waals surface area contributed by atoms with Gasteiger partial charge in [0.25, 0.3) is 5.91 Å². The maximum Gasteiger partial charge on any atom is 0.259 e. The highest BCUT2D eigenvalue weighted by Crippen LogP contribution is 2.27. The minimum absolute atomic E-state index is 0.0201. The molecule has 1 aromatic carbocycles. The van der Waals surface area contributed by atoms with Crippen LogP contribution in [0.1, 0.15) is 48.7 Å². The fourth-order valence-corrected chi connectivity index (χ4v) is 3.87. The Morgan fingerprint density at radius 2 is 2.09 bits per heavy atom. The van der Waals surface area contributed by atoms with E-state index in [4.69, 9.17) is 4.74 Å². The van der Waals surface area contributed by atoms with Crippen molar-refractivity contribution in [2.24, 2.45) is 5.92 Å². The second-order valence-corrected chi connectivity index (χ2v) is 8.79. The fraction of sp³-hybridized carbons (Fsp3) is 0.444. The van der Waals surface area contributed by atoms with Gasteiger partial charge in [-0.15, -0.1) is 0 Å². The molecule has 0 unspecified atom stereocenters. The summed E-state index contributed by atoms with van der Waals surface area (Å²) in [5.74, 6) is 6.14. The molecule has 180 valence electrons. The molecule has 0 spiro atoms. The van der Waals surface area contributed by atoms with E-state index in [-0.39, 0.29) is 42.4 Å². The van der Waals surface area contributed by atoms with Crippen LogP contribution in [0.15, 0.2) is 42.6 Å². The fourth-order valence-electron chi connectivity index (χ4n) is 3.87. The summed E-state index contributed by atoms with van der Waals surface area (Å²) in [5, 5.41) is 9.78. The van der Waals surface area contributed by atoms with Crippen LogP contribution in [-0.2, 0) is 11.2 Å². The zero-order valence-corrected chi connectivity index (χ0v) is 20.3. The number of carbonyl (C=O) groups is 2. The van der Waals surface area contributed by atoms with Crippen molar-refractivity contribution in [1.29, 1.82) is 0 Å². The topological polar surface area (TPSA) is 83.0 Å². The molecule has 0 aliphatic carbocycles. The Kier molecular flexibility index (Phi) is 8.67. The maximum absolute atomic E-state index is 13.4. The normalized spacial score (nSPS) is 18.5. The number of fused-ring (bicyclic) bond motifs is 1. The zero-order valence-electron chi connectivity index (χ0n) is 20.3. The average molecular weight is 464 g/mol. The largest absolute Gasteiger partial charge is 0.472 e. The lowest BCUT2D eigenvalue weighted by Gasteiger charge is -2.37. The molecule has 2 amide bonds. The number of rotatable bonds is 6. The molecular weight excluding hydrogens is 430 g/mol. The number of carbonyl (C=O) groups excluding carboxylic acids is 2. The van der Waals surface area contributed by atoms with Gasteiger partial charge in [0.1, 0.15) is 11.7 Å². The van der Waals surface area contributed by atoms with Gasteiger partial charge in [-0.3, -0.25) is 9.59 Å². The summed E-state index contributed by atoms with van der Waals surface area (Å²) in [6.45, 7) is 6.23. The molecule has 1 aliphatic heterocycles. The van der Waals surface area contributed by atoms with E-state index in [1.54, 1.807) is 29.1 Å². The van der Waals surface area contributed by atoms with Gasteiger partial charge in [-0.2, -0.15) is 0 Å². The van der Waals surface area contributed by atoms with Crippen LogP contribution in [0.25, 0.3) is 0 Å². The summed E-state index contributed by atoms with van der Waals surface area (Å²) < 4.78 is 6.21. The predicted molar refractivity (Wildman–Crippen MR) is 130 cm³/mol. The molecule has 0 fully saturated rings. The van der Waals surface area contributed by atoms with Crippen LogP contribution in [-0.4, -0.2) is 70.6 Å². The van der Waals surface area contributed by atoms with Crippen LogP contribution < -0.4 is 4.74 Å². The van der Waals surface area contributed by atoms with E-state index in [1.807, 2.05) is 51.1 Å². The van der Waals surface area contributed by atoms with Crippen molar-refractivity contribution in [3.8, 4) is 17.7 Å². The smallest absolute Gasteiger partial charge is 0.259 e. The molecule has 1 aliphatic rings. The Morgan fingerprint density at radius 1 is 1.35 bits per heavy atom. The van der Waals surface area contributed by atoms with Crippen molar-refractivity contribution in [1.82, 2.24) is 14.8 Å². The van der Waals surface area contributed by atoms with Crippen molar-refractivity contribution < 1.29 is 19.4 Å². The van der Waals surface area contributed by atoms with Crippen LogP contribution >= 0.6 is 0 Å². The zero-order chi connectivity index (χ0) is 24.7. The van der Waals surface area contributed by atoms with Crippen LogP contribution in [0.5, 0.6) is 5.88 Å². The number of hydrogen-bond donors (Lipinski definition) is 1. The van der Waals surface area contributed by atoms with Crippen LogP contribution in [0.4, 0.5) is 0 Å². The highest BCUT2D eigenvalue weighted by molar-refractivity contribution is 5.97. The minimum Gasteiger partial charge on any atom is -0.472 e. The van der Waals surface area contributed by atoms with Gasteiger partial charge in [0, 0.05) is 44.1 Å². The Balaban J connectivity index is 1.93. The van der Waals surface area contributed by atoms with E-state index < -0.39 is 0 Å². The summed E-state index contributed by atoms with van der Waals surface area (Å²) in [6, 6.07) is 11.3. The van der Waals surface area contributed by atoms with Gasteiger partial charge in [0.05, 0.1) is 19.2 Å². The van der Waals surface area contributed by atoms with Gasteiger partial charge in [-0.05, 0) is 18.6 Å². The maximum atomic E-state index is 13.4. The van der Waals surface area contributed by atoms with Crippen LogP contribution in [0.3, 0.4) is 0 Å². The van der Waals surface area contributed by atoms with Crippen LogP contribution in [0, 0.1) is 17.8 Å². The summed E-state index contributed by atoms with van der Waals surface area (Å²) in [4.78, 5) is 33.3. The Morgan fingerprint density at radius 3 is 2.76 bits per heavy atom. The Bertz CT molecular complexity index is 1060. The number of benzene rings is 1. The summed E-state index contributed by atoms with van der Waals surface area (Å²) in [6.07, 6.45) is 2.24. The number of amides is 2. The van der Waals surface area contributed by atoms with Crippen molar-refractivity contribution in [3.63, 3.8) is 0 Å². The summed E-state index contributed by atoms with van der Waals surface area (Å²) >= 11 is 0. The molecule has 34 heavy (non-hydrogen) atoms. The van der Waals surface area contributed by atoms with E-state index >= 15 is 0 Å². The third-order valence-corrected chi connectivity index (χ3v) is 6.07. The molecule has 3 atom stereocenters. The molecule has 0 radical (unpaired) electrons. The molecule has 7 heteroatoms. The lowest BCUT2D eigenvalue weighted by Crippen LogP contribution is -2.50. The number of nitrogens with zero attached hydrogens (tertiary/aromatic N) is 3. The second-order valence-electron chi connectivity index (χ2n) is 8.79. The van der Waals surface area contributed by atoms with E-state index in [2.05, 4.69) is 16.8 Å². The first kappa shape index (κ1) is 25.3. The first-order valence-electron chi connectivity index (χ1n) is 11.7. The van der Waals surface area contributed by atoms with Crippen molar-refractivity contribution >= 4 is 11.8 Å².